The number of hydrogen-bond acceptors (Lipinski definition) is 1. The second-order valence-electron chi connectivity index (χ2n) is 5.90. The van der Waals surface area contributed by atoms with E-state index in [9.17, 15) is 13.2 Å². The van der Waals surface area contributed by atoms with Crippen LogP contribution in [0.25, 0.3) is 0 Å². The first kappa shape index (κ1) is 14.4. The van der Waals surface area contributed by atoms with E-state index in [4.69, 9.17) is 5.73 Å². The third kappa shape index (κ3) is 2.78. The summed E-state index contributed by atoms with van der Waals surface area (Å²) in [7, 11) is 0. The van der Waals surface area contributed by atoms with Gasteiger partial charge in [-0.05, 0) is 48.8 Å². The molecule has 1 saturated carbocycles. The smallest absolute Gasteiger partial charge is 0.321 e. The number of rotatable bonds is 1. The maximum Gasteiger partial charge on any atom is 0.416 e. The van der Waals surface area contributed by atoms with Crippen molar-refractivity contribution in [3.05, 3.63) is 35.4 Å². The van der Waals surface area contributed by atoms with Crippen LogP contribution in [0.3, 0.4) is 0 Å². The minimum atomic E-state index is -4.28. The molecule has 19 heavy (non-hydrogen) atoms. The van der Waals surface area contributed by atoms with Crippen LogP contribution in [0.4, 0.5) is 13.2 Å². The fourth-order valence-corrected chi connectivity index (χ4v) is 3.06. The summed E-state index contributed by atoms with van der Waals surface area (Å²) in [4.78, 5) is 0. The quantitative estimate of drug-likeness (QED) is 0.809. The Hall–Kier alpha value is -1.03. The molecule has 1 aliphatic carbocycles. The Morgan fingerprint density at radius 1 is 1.16 bits per heavy atom. The highest BCUT2D eigenvalue weighted by atomic mass is 19.4. The van der Waals surface area contributed by atoms with Crippen LogP contribution in [0.5, 0.6) is 0 Å². The van der Waals surface area contributed by atoms with E-state index in [1.165, 1.54) is 12.1 Å². The van der Waals surface area contributed by atoms with Gasteiger partial charge in [-0.15, -0.1) is 0 Å². The fourth-order valence-electron chi connectivity index (χ4n) is 3.06. The van der Waals surface area contributed by atoms with Gasteiger partial charge in [0.2, 0.25) is 0 Å². The topological polar surface area (TPSA) is 26.0 Å². The highest BCUT2D eigenvalue weighted by molar-refractivity contribution is 5.30. The van der Waals surface area contributed by atoms with Crippen LogP contribution in [0.15, 0.2) is 24.3 Å². The van der Waals surface area contributed by atoms with E-state index in [0.29, 0.717) is 5.92 Å². The van der Waals surface area contributed by atoms with Gasteiger partial charge < -0.3 is 5.73 Å². The molecule has 3 atom stereocenters. The molecule has 0 amide bonds. The lowest BCUT2D eigenvalue weighted by Gasteiger charge is -2.42. The number of halogens is 3. The van der Waals surface area contributed by atoms with Crippen LogP contribution in [-0.2, 0) is 11.7 Å². The van der Waals surface area contributed by atoms with E-state index in [2.05, 4.69) is 13.8 Å². The molecule has 1 nitrogen and oxygen atoms in total. The summed E-state index contributed by atoms with van der Waals surface area (Å²) >= 11 is 0. The maximum absolute atomic E-state index is 12.6. The van der Waals surface area contributed by atoms with Gasteiger partial charge in [-0.2, -0.15) is 13.2 Å². The molecule has 0 aromatic heterocycles. The summed E-state index contributed by atoms with van der Waals surface area (Å²) in [6.07, 6.45) is -1.40. The van der Waals surface area contributed by atoms with E-state index >= 15 is 0 Å². The van der Waals surface area contributed by atoms with Crippen LogP contribution in [0.2, 0.25) is 0 Å². The Morgan fingerprint density at radius 3 is 2.21 bits per heavy atom. The first-order valence-corrected chi connectivity index (χ1v) is 6.70. The van der Waals surface area contributed by atoms with Crippen molar-refractivity contribution in [2.24, 2.45) is 17.6 Å². The van der Waals surface area contributed by atoms with Crippen molar-refractivity contribution in [3.8, 4) is 0 Å². The normalized spacial score (nSPS) is 32.3. The molecule has 3 unspecified atom stereocenters. The van der Waals surface area contributed by atoms with Gasteiger partial charge in [0.05, 0.1) is 5.56 Å². The summed E-state index contributed by atoms with van der Waals surface area (Å²) in [6.45, 7) is 4.29. The average Bonchev–Trinajstić information content (AvgIpc) is 2.33. The number of hydrogen-bond donors (Lipinski definition) is 1. The van der Waals surface area contributed by atoms with Gasteiger partial charge in [-0.3, -0.25) is 0 Å². The van der Waals surface area contributed by atoms with Gasteiger partial charge in [0.25, 0.3) is 0 Å². The molecular formula is C15H20F3N. The lowest BCUT2D eigenvalue weighted by molar-refractivity contribution is -0.137. The Kier molecular flexibility index (Phi) is 3.65. The van der Waals surface area contributed by atoms with Crippen molar-refractivity contribution in [1.29, 1.82) is 0 Å². The molecule has 2 N–H and O–H groups in total. The van der Waals surface area contributed by atoms with Crippen LogP contribution in [0.1, 0.15) is 44.2 Å². The van der Waals surface area contributed by atoms with Gasteiger partial charge in [0.15, 0.2) is 0 Å². The number of nitrogens with two attached hydrogens (primary N) is 1. The zero-order chi connectivity index (χ0) is 14.3. The zero-order valence-electron chi connectivity index (χ0n) is 11.3. The predicted molar refractivity (Wildman–Crippen MR) is 69.5 cm³/mol. The van der Waals surface area contributed by atoms with E-state index in [0.717, 1.165) is 37.0 Å². The first-order chi connectivity index (χ1) is 8.73. The molecule has 1 aromatic rings. The molecule has 1 fully saturated rings. The Balaban J connectivity index is 2.26. The Morgan fingerprint density at radius 2 is 1.74 bits per heavy atom. The molecule has 2 rings (SSSR count). The Labute approximate surface area is 112 Å². The SMILES string of the molecule is CC1CCC(N)(c2ccc(C(F)(F)F)cc2)C(C)C1. The van der Waals surface area contributed by atoms with Crippen LogP contribution >= 0.6 is 0 Å². The predicted octanol–water partition coefficient (Wildman–Crippen LogP) is 4.32. The monoisotopic (exact) mass is 271 g/mol. The third-order valence-electron chi connectivity index (χ3n) is 4.44. The summed E-state index contributed by atoms with van der Waals surface area (Å²) < 4.78 is 37.7. The average molecular weight is 271 g/mol. The summed E-state index contributed by atoms with van der Waals surface area (Å²) in [6, 6.07) is 5.34. The zero-order valence-corrected chi connectivity index (χ0v) is 11.3. The van der Waals surface area contributed by atoms with Crippen LogP contribution in [-0.4, -0.2) is 0 Å². The van der Waals surface area contributed by atoms with E-state index in [1.807, 2.05) is 0 Å². The molecule has 1 aromatic carbocycles. The van der Waals surface area contributed by atoms with Gasteiger partial charge in [0, 0.05) is 5.54 Å². The summed E-state index contributed by atoms with van der Waals surface area (Å²) in [5, 5.41) is 0. The lowest BCUT2D eigenvalue weighted by Crippen LogP contribution is -2.46. The second kappa shape index (κ2) is 4.82. The maximum atomic E-state index is 12.6. The van der Waals surface area contributed by atoms with Gasteiger partial charge in [0.1, 0.15) is 0 Å². The van der Waals surface area contributed by atoms with Gasteiger partial charge >= 0.3 is 6.18 Å². The molecule has 0 aliphatic heterocycles. The standard InChI is InChI=1S/C15H20F3N/c1-10-7-8-14(19,11(2)9-10)12-3-5-13(6-4-12)15(16,17)18/h3-6,10-11H,7-9,19H2,1-2H3. The number of alkyl halides is 3. The van der Waals surface area contributed by atoms with Gasteiger partial charge in [-0.25, -0.2) is 0 Å². The summed E-state index contributed by atoms with van der Waals surface area (Å²) in [5.74, 6) is 0.925. The minimum absolute atomic E-state index is 0.285. The molecular weight excluding hydrogens is 251 g/mol. The first-order valence-electron chi connectivity index (χ1n) is 6.70. The van der Waals surface area contributed by atoms with E-state index in [1.54, 1.807) is 0 Å². The molecule has 1 aliphatic rings. The molecule has 0 heterocycles. The van der Waals surface area contributed by atoms with Crippen molar-refractivity contribution in [3.63, 3.8) is 0 Å². The van der Waals surface area contributed by atoms with E-state index < -0.39 is 17.3 Å². The highest BCUT2D eigenvalue weighted by Gasteiger charge is 2.38. The van der Waals surface area contributed by atoms with Crippen molar-refractivity contribution in [1.82, 2.24) is 0 Å². The number of benzene rings is 1. The van der Waals surface area contributed by atoms with Crippen molar-refractivity contribution in [2.45, 2.75) is 44.8 Å². The highest BCUT2D eigenvalue weighted by Crippen LogP contribution is 2.42. The molecule has 4 heteroatoms. The van der Waals surface area contributed by atoms with Crippen molar-refractivity contribution < 1.29 is 13.2 Å². The summed E-state index contributed by atoms with van der Waals surface area (Å²) in [5.41, 5.74) is 6.18. The molecule has 0 radical (unpaired) electrons. The Bertz CT molecular complexity index is 438. The largest absolute Gasteiger partial charge is 0.416 e. The fraction of sp³-hybridized carbons (Fsp3) is 0.600. The molecule has 106 valence electrons. The van der Waals surface area contributed by atoms with Gasteiger partial charge in [-0.1, -0.05) is 26.0 Å². The van der Waals surface area contributed by atoms with Crippen molar-refractivity contribution >= 4 is 0 Å². The molecule has 0 bridgehead atoms. The van der Waals surface area contributed by atoms with Crippen molar-refractivity contribution in [2.75, 3.05) is 0 Å². The third-order valence-corrected chi connectivity index (χ3v) is 4.44. The van der Waals surface area contributed by atoms with Crippen LogP contribution < -0.4 is 5.73 Å². The molecule has 0 saturated heterocycles. The second-order valence-corrected chi connectivity index (χ2v) is 5.90. The minimum Gasteiger partial charge on any atom is -0.321 e. The molecule has 0 spiro atoms. The van der Waals surface area contributed by atoms with Crippen LogP contribution in [0, 0.1) is 11.8 Å². The van der Waals surface area contributed by atoms with E-state index in [-0.39, 0.29) is 5.92 Å². The lowest BCUT2D eigenvalue weighted by atomic mass is 9.67.